The molecule has 1 fully saturated rings. The minimum absolute atomic E-state index is 0.0202. The van der Waals surface area contributed by atoms with Gasteiger partial charge in [0.2, 0.25) is 11.8 Å². The molecule has 1 N–H and O–H groups in total. The maximum atomic E-state index is 12.8. The number of hydrogen-bond donors (Lipinski definition) is 1. The first kappa shape index (κ1) is 17.8. The average molecular weight is 377 g/mol. The minimum Gasteiger partial charge on any atom is -0.336 e. The van der Waals surface area contributed by atoms with Crippen LogP contribution in [0.1, 0.15) is 18.4 Å². The van der Waals surface area contributed by atoms with Gasteiger partial charge in [-0.1, -0.05) is 53.5 Å². The lowest BCUT2D eigenvalue weighted by molar-refractivity contribution is -0.135. The molecule has 0 heterocycles. The van der Waals surface area contributed by atoms with Crippen molar-refractivity contribution in [3.05, 3.63) is 64.1 Å². The van der Waals surface area contributed by atoms with Gasteiger partial charge in [0.25, 0.3) is 0 Å². The fraction of sp³-hybridized carbons (Fsp3) is 0.263. The van der Waals surface area contributed by atoms with Crippen LogP contribution in [0.2, 0.25) is 10.0 Å². The van der Waals surface area contributed by atoms with Gasteiger partial charge in [-0.05, 0) is 36.6 Å². The third-order valence-corrected chi connectivity index (χ3v) is 5.16. The van der Waals surface area contributed by atoms with Crippen molar-refractivity contribution in [2.75, 3.05) is 18.9 Å². The van der Waals surface area contributed by atoms with Gasteiger partial charge in [-0.15, -0.1) is 0 Å². The Labute approximate surface area is 156 Å². The van der Waals surface area contributed by atoms with Gasteiger partial charge >= 0.3 is 0 Å². The van der Waals surface area contributed by atoms with E-state index in [0.717, 1.165) is 18.4 Å². The highest BCUT2D eigenvalue weighted by Crippen LogP contribution is 2.49. The molecule has 0 radical (unpaired) electrons. The van der Waals surface area contributed by atoms with Gasteiger partial charge in [0.15, 0.2) is 0 Å². The molecule has 0 spiro atoms. The summed E-state index contributed by atoms with van der Waals surface area (Å²) >= 11 is 11.8. The molecule has 3 rings (SSSR count). The number of likely N-dealkylation sites (N-methyl/N-ethyl adjacent to an activating group) is 1. The van der Waals surface area contributed by atoms with Crippen LogP contribution in [-0.2, 0) is 15.0 Å². The number of rotatable bonds is 5. The number of hydrogen-bond acceptors (Lipinski definition) is 2. The van der Waals surface area contributed by atoms with E-state index in [0.29, 0.717) is 15.7 Å². The summed E-state index contributed by atoms with van der Waals surface area (Å²) in [6.07, 6.45) is 1.63. The Morgan fingerprint density at radius 2 is 1.76 bits per heavy atom. The summed E-state index contributed by atoms with van der Waals surface area (Å²) in [6.45, 7) is -0.0202. The summed E-state index contributed by atoms with van der Waals surface area (Å²) < 4.78 is 0. The van der Waals surface area contributed by atoms with Crippen molar-refractivity contribution >= 4 is 40.7 Å². The number of halogens is 2. The van der Waals surface area contributed by atoms with E-state index in [4.69, 9.17) is 23.2 Å². The number of nitrogens with one attached hydrogen (secondary N) is 1. The number of carbonyl (C=O) groups excluding carboxylic acids is 2. The summed E-state index contributed by atoms with van der Waals surface area (Å²) in [4.78, 5) is 26.5. The Hall–Kier alpha value is -2.04. The number of amides is 2. The van der Waals surface area contributed by atoms with E-state index in [1.807, 2.05) is 30.3 Å². The second-order valence-corrected chi connectivity index (χ2v) is 7.10. The second kappa shape index (κ2) is 7.06. The molecule has 2 amide bonds. The smallest absolute Gasteiger partial charge is 0.243 e. The highest BCUT2D eigenvalue weighted by atomic mass is 35.5. The van der Waals surface area contributed by atoms with E-state index >= 15 is 0 Å². The first-order valence-corrected chi connectivity index (χ1v) is 8.74. The first-order valence-electron chi connectivity index (χ1n) is 7.98. The molecule has 1 saturated carbocycles. The quantitative estimate of drug-likeness (QED) is 0.852. The summed E-state index contributed by atoms with van der Waals surface area (Å²) in [7, 11) is 1.65. The minimum atomic E-state index is -0.472. The highest BCUT2D eigenvalue weighted by Gasteiger charge is 2.52. The van der Waals surface area contributed by atoms with Crippen molar-refractivity contribution in [3.63, 3.8) is 0 Å². The highest BCUT2D eigenvalue weighted by molar-refractivity contribution is 6.42. The van der Waals surface area contributed by atoms with Gasteiger partial charge in [0.05, 0.1) is 22.0 Å². The molecule has 6 heteroatoms. The second-order valence-electron chi connectivity index (χ2n) is 6.29. The van der Waals surface area contributed by atoms with Crippen LogP contribution in [0, 0.1) is 0 Å². The molecule has 1 aliphatic carbocycles. The zero-order chi connectivity index (χ0) is 18.0. The average Bonchev–Trinajstić information content (AvgIpc) is 3.40. The van der Waals surface area contributed by atoms with Crippen molar-refractivity contribution in [2.24, 2.45) is 0 Å². The third-order valence-electron chi connectivity index (χ3n) is 4.42. The molecule has 0 atom stereocenters. The largest absolute Gasteiger partial charge is 0.336 e. The van der Waals surface area contributed by atoms with Crippen LogP contribution in [-0.4, -0.2) is 30.3 Å². The summed E-state index contributed by atoms with van der Waals surface area (Å²) in [5.41, 5.74) is 1.08. The molecule has 0 aromatic heterocycles. The van der Waals surface area contributed by atoms with Gasteiger partial charge < -0.3 is 10.2 Å². The molecule has 4 nitrogen and oxygen atoms in total. The van der Waals surface area contributed by atoms with Gasteiger partial charge in [0.1, 0.15) is 0 Å². The molecule has 0 saturated heterocycles. The molecule has 2 aromatic carbocycles. The summed E-state index contributed by atoms with van der Waals surface area (Å²) in [5, 5.41) is 3.52. The van der Waals surface area contributed by atoms with E-state index in [1.165, 1.54) is 4.90 Å². The molecular weight excluding hydrogens is 359 g/mol. The maximum absolute atomic E-state index is 12.8. The van der Waals surface area contributed by atoms with E-state index in [-0.39, 0.29) is 18.4 Å². The predicted octanol–water partition coefficient (Wildman–Crippen LogP) is 4.12. The van der Waals surface area contributed by atoms with Crippen LogP contribution in [0.4, 0.5) is 5.69 Å². The fourth-order valence-electron chi connectivity index (χ4n) is 2.94. The molecule has 0 bridgehead atoms. The summed E-state index contributed by atoms with van der Waals surface area (Å²) in [5.74, 6) is -0.305. The SMILES string of the molecule is CN(CC(=O)Nc1ccc(Cl)c(Cl)c1)C(=O)C1(c2ccccc2)CC1. The Morgan fingerprint density at radius 3 is 2.36 bits per heavy atom. The monoisotopic (exact) mass is 376 g/mol. The Bertz CT molecular complexity index is 804. The van der Waals surface area contributed by atoms with Gasteiger partial charge in [-0.25, -0.2) is 0 Å². The maximum Gasteiger partial charge on any atom is 0.243 e. The fourth-order valence-corrected chi connectivity index (χ4v) is 3.23. The molecule has 1 aliphatic rings. The Morgan fingerprint density at radius 1 is 1.08 bits per heavy atom. The van der Waals surface area contributed by atoms with Crippen LogP contribution in [0.15, 0.2) is 48.5 Å². The number of nitrogens with zero attached hydrogens (tertiary/aromatic N) is 1. The lowest BCUT2D eigenvalue weighted by Gasteiger charge is -2.23. The Balaban J connectivity index is 1.63. The van der Waals surface area contributed by atoms with Gasteiger partial charge in [-0.3, -0.25) is 9.59 Å². The van der Waals surface area contributed by atoms with Crippen LogP contribution >= 0.6 is 23.2 Å². The predicted molar refractivity (Wildman–Crippen MR) is 100 cm³/mol. The molecule has 2 aromatic rings. The Kier molecular flexibility index (Phi) is 5.02. The standard InChI is InChI=1S/C19H18Cl2N2O2/c1-23(12-17(24)22-14-7-8-15(20)16(21)11-14)18(25)19(9-10-19)13-5-3-2-4-6-13/h2-8,11H,9-10,12H2,1H3,(H,22,24). The van der Waals surface area contributed by atoms with Crippen LogP contribution in [0.3, 0.4) is 0 Å². The lowest BCUT2D eigenvalue weighted by Crippen LogP contribution is -2.41. The normalized spacial score (nSPS) is 14.7. The number of benzene rings is 2. The van der Waals surface area contributed by atoms with Gasteiger partial charge in [0, 0.05) is 12.7 Å². The molecular formula is C19H18Cl2N2O2. The third kappa shape index (κ3) is 3.80. The van der Waals surface area contributed by atoms with E-state index < -0.39 is 5.41 Å². The molecule has 25 heavy (non-hydrogen) atoms. The molecule has 0 aliphatic heterocycles. The van der Waals surface area contributed by atoms with Crippen molar-refractivity contribution in [2.45, 2.75) is 18.3 Å². The molecule has 0 unspecified atom stereocenters. The van der Waals surface area contributed by atoms with Crippen LogP contribution in [0.25, 0.3) is 0 Å². The van der Waals surface area contributed by atoms with Crippen LogP contribution in [0.5, 0.6) is 0 Å². The van der Waals surface area contributed by atoms with E-state index in [1.54, 1.807) is 25.2 Å². The first-order chi connectivity index (χ1) is 11.9. The van der Waals surface area contributed by atoms with Crippen molar-refractivity contribution < 1.29 is 9.59 Å². The topological polar surface area (TPSA) is 49.4 Å². The lowest BCUT2D eigenvalue weighted by atomic mass is 9.94. The van der Waals surface area contributed by atoms with Gasteiger partial charge in [-0.2, -0.15) is 0 Å². The van der Waals surface area contributed by atoms with Crippen molar-refractivity contribution in [3.8, 4) is 0 Å². The van der Waals surface area contributed by atoms with E-state index in [2.05, 4.69) is 5.32 Å². The number of carbonyl (C=O) groups is 2. The zero-order valence-electron chi connectivity index (χ0n) is 13.8. The summed E-state index contributed by atoms with van der Waals surface area (Å²) in [6, 6.07) is 14.6. The zero-order valence-corrected chi connectivity index (χ0v) is 15.3. The van der Waals surface area contributed by atoms with Crippen molar-refractivity contribution in [1.82, 2.24) is 4.90 Å². The molecule has 130 valence electrons. The van der Waals surface area contributed by atoms with Crippen LogP contribution < -0.4 is 5.32 Å². The van der Waals surface area contributed by atoms with E-state index in [9.17, 15) is 9.59 Å². The van der Waals surface area contributed by atoms with Crippen molar-refractivity contribution in [1.29, 1.82) is 0 Å². The number of anilines is 1.